The van der Waals surface area contributed by atoms with Crippen molar-refractivity contribution in [3.63, 3.8) is 0 Å². The summed E-state index contributed by atoms with van der Waals surface area (Å²) in [6.45, 7) is 2.77. The van der Waals surface area contributed by atoms with E-state index in [2.05, 4.69) is 4.98 Å². The van der Waals surface area contributed by atoms with E-state index in [0.29, 0.717) is 10.7 Å². The number of thiazole rings is 1. The lowest BCUT2D eigenvalue weighted by Crippen LogP contribution is -2.42. The Morgan fingerprint density at radius 1 is 1.36 bits per heavy atom. The van der Waals surface area contributed by atoms with Crippen LogP contribution in [0.4, 0.5) is 8.78 Å². The number of hydrogen-bond donors (Lipinski definition) is 0. The molecule has 0 bridgehead atoms. The second-order valence-electron chi connectivity index (χ2n) is 5.51. The molecule has 1 aliphatic rings. The van der Waals surface area contributed by atoms with Gasteiger partial charge in [0, 0.05) is 29.6 Å². The average molecular weight is 322 g/mol. The summed E-state index contributed by atoms with van der Waals surface area (Å²) in [5.41, 5.74) is 0.551. The van der Waals surface area contributed by atoms with Gasteiger partial charge < -0.3 is 4.90 Å². The van der Waals surface area contributed by atoms with Gasteiger partial charge in [0.15, 0.2) is 0 Å². The fourth-order valence-corrected chi connectivity index (χ4v) is 3.53. The highest BCUT2D eigenvalue weighted by atomic mass is 32.1. The van der Waals surface area contributed by atoms with Crippen molar-refractivity contribution in [2.45, 2.75) is 32.2 Å². The molecular formula is C16H16F2N2OS. The van der Waals surface area contributed by atoms with Gasteiger partial charge in [0.2, 0.25) is 0 Å². The van der Waals surface area contributed by atoms with Crippen molar-refractivity contribution >= 4 is 17.2 Å². The lowest BCUT2D eigenvalue weighted by molar-refractivity contribution is 0.0630. The fraction of sp³-hybridized carbons (Fsp3) is 0.375. The summed E-state index contributed by atoms with van der Waals surface area (Å²) in [5.74, 6) is -1.41. The number of nitrogens with zero attached hydrogens (tertiary/aromatic N) is 2. The number of amides is 1. The van der Waals surface area contributed by atoms with E-state index >= 15 is 0 Å². The van der Waals surface area contributed by atoms with Crippen molar-refractivity contribution in [2.24, 2.45) is 0 Å². The number of carbonyl (C=O) groups excluding carboxylic acids is 1. The molecule has 2 heterocycles. The van der Waals surface area contributed by atoms with Gasteiger partial charge in [0.25, 0.3) is 5.91 Å². The molecule has 1 amide bonds. The van der Waals surface area contributed by atoms with Gasteiger partial charge in [0.1, 0.15) is 22.3 Å². The van der Waals surface area contributed by atoms with E-state index in [1.165, 1.54) is 23.5 Å². The van der Waals surface area contributed by atoms with Crippen molar-refractivity contribution < 1.29 is 13.6 Å². The van der Waals surface area contributed by atoms with Crippen LogP contribution in [0.2, 0.25) is 0 Å². The van der Waals surface area contributed by atoms with Crippen molar-refractivity contribution in [3.8, 4) is 10.6 Å². The Balaban J connectivity index is 1.85. The van der Waals surface area contributed by atoms with Gasteiger partial charge in [-0.1, -0.05) is 0 Å². The zero-order valence-corrected chi connectivity index (χ0v) is 13.0. The summed E-state index contributed by atoms with van der Waals surface area (Å²) >= 11 is 1.20. The highest BCUT2D eigenvalue weighted by Crippen LogP contribution is 2.28. The second-order valence-corrected chi connectivity index (χ2v) is 6.36. The Morgan fingerprint density at radius 3 is 2.91 bits per heavy atom. The minimum Gasteiger partial charge on any atom is -0.335 e. The topological polar surface area (TPSA) is 33.2 Å². The van der Waals surface area contributed by atoms with Crippen LogP contribution in [0, 0.1) is 11.6 Å². The maximum absolute atomic E-state index is 13.8. The second kappa shape index (κ2) is 6.12. The molecule has 0 radical (unpaired) electrons. The number of aromatic nitrogens is 1. The summed E-state index contributed by atoms with van der Waals surface area (Å²) in [5, 5.41) is 2.03. The van der Waals surface area contributed by atoms with E-state index in [1.54, 1.807) is 5.38 Å². The molecule has 1 saturated heterocycles. The number of halogens is 2. The van der Waals surface area contributed by atoms with Crippen molar-refractivity contribution in [3.05, 3.63) is 40.9 Å². The third-order valence-corrected chi connectivity index (χ3v) is 4.82. The molecule has 0 N–H and O–H groups in total. The van der Waals surface area contributed by atoms with Crippen molar-refractivity contribution in [1.29, 1.82) is 0 Å². The van der Waals surface area contributed by atoms with Gasteiger partial charge in [0.05, 0.1) is 0 Å². The van der Waals surface area contributed by atoms with Crippen molar-refractivity contribution in [1.82, 2.24) is 9.88 Å². The van der Waals surface area contributed by atoms with Crippen LogP contribution in [-0.2, 0) is 0 Å². The largest absolute Gasteiger partial charge is 0.335 e. The summed E-state index contributed by atoms with van der Waals surface area (Å²) in [6.07, 6.45) is 3.13. The number of hydrogen-bond acceptors (Lipinski definition) is 3. The van der Waals surface area contributed by atoms with E-state index in [1.807, 2.05) is 11.8 Å². The lowest BCUT2D eigenvalue weighted by atomic mass is 10.0. The maximum atomic E-state index is 13.8. The van der Waals surface area contributed by atoms with Gasteiger partial charge in [-0.25, -0.2) is 13.8 Å². The maximum Gasteiger partial charge on any atom is 0.273 e. The van der Waals surface area contributed by atoms with Gasteiger partial charge >= 0.3 is 0 Å². The molecule has 22 heavy (non-hydrogen) atoms. The molecule has 3 rings (SSSR count). The molecule has 1 aliphatic heterocycles. The van der Waals surface area contributed by atoms with Crippen LogP contribution in [0.5, 0.6) is 0 Å². The first-order valence-corrected chi connectivity index (χ1v) is 8.16. The molecule has 1 unspecified atom stereocenters. The molecule has 116 valence electrons. The van der Waals surface area contributed by atoms with Crippen molar-refractivity contribution in [2.75, 3.05) is 6.54 Å². The molecule has 1 aromatic carbocycles. The number of piperidine rings is 1. The summed E-state index contributed by atoms with van der Waals surface area (Å²) in [7, 11) is 0. The fourth-order valence-electron chi connectivity index (χ4n) is 2.71. The molecule has 0 spiro atoms. The standard InChI is InChI=1S/C16H16F2N2OS/c1-10-4-2-3-7-20(10)16(21)14-9-22-15(19-14)12-6-5-11(17)8-13(12)18/h5-6,8-10H,2-4,7H2,1H3. The Kier molecular flexibility index (Phi) is 4.20. The number of benzene rings is 1. The zero-order chi connectivity index (χ0) is 15.7. The van der Waals surface area contributed by atoms with Gasteiger partial charge in [-0.15, -0.1) is 11.3 Å². The van der Waals surface area contributed by atoms with Crippen LogP contribution < -0.4 is 0 Å². The Labute approximate surface area is 131 Å². The molecule has 6 heteroatoms. The van der Waals surface area contributed by atoms with Gasteiger partial charge in [-0.2, -0.15) is 0 Å². The predicted octanol–water partition coefficient (Wildman–Crippen LogP) is 4.10. The molecule has 2 aromatic rings. The van der Waals surface area contributed by atoms with Gasteiger partial charge in [-0.05, 0) is 38.3 Å². The monoisotopic (exact) mass is 322 g/mol. The minimum atomic E-state index is -0.667. The lowest BCUT2D eigenvalue weighted by Gasteiger charge is -2.32. The average Bonchev–Trinajstić information content (AvgIpc) is 2.96. The Hall–Kier alpha value is -1.82. The molecule has 1 fully saturated rings. The van der Waals surface area contributed by atoms with Crippen LogP contribution in [-0.4, -0.2) is 28.4 Å². The summed E-state index contributed by atoms with van der Waals surface area (Å²) in [4.78, 5) is 18.6. The molecule has 0 aliphatic carbocycles. The van der Waals surface area contributed by atoms with Crippen LogP contribution >= 0.6 is 11.3 Å². The number of carbonyl (C=O) groups is 1. The van der Waals surface area contributed by atoms with Crippen LogP contribution in [0.25, 0.3) is 10.6 Å². The van der Waals surface area contributed by atoms with Gasteiger partial charge in [-0.3, -0.25) is 4.79 Å². The Morgan fingerprint density at radius 2 is 2.18 bits per heavy atom. The van der Waals surface area contributed by atoms with E-state index < -0.39 is 11.6 Å². The minimum absolute atomic E-state index is 0.114. The van der Waals surface area contributed by atoms with E-state index in [0.717, 1.165) is 31.9 Å². The first kappa shape index (κ1) is 15.1. The summed E-state index contributed by atoms with van der Waals surface area (Å²) in [6, 6.07) is 3.56. The van der Waals surface area contributed by atoms with E-state index in [9.17, 15) is 13.6 Å². The third kappa shape index (κ3) is 2.88. The van der Waals surface area contributed by atoms with E-state index in [-0.39, 0.29) is 17.5 Å². The quantitative estimate of drug-likeness (QED) is 0.834. The zero-order valence-electron chi connectivity index (χ0n) is 12.2. The number of rotatable bonds is 2. The normalized spacial score (nSPS) is 18.5. The molecule has 1 atom stereocenters. The predicted molar refractivity (Wildman–Crippen MR) is 81.8 cm³/mol. The molecule has 0 saturated carbocycles. The third-order valence-electron chi connectivity index (χ3n) is 3.95. The Bertz CT molecular complexity index is 701. The van der Waals surface area contributed by atoms with Crippen LogP contribution in [0.1, 0.15) is 36.7 Å². The summed E-state index contributed by atoms with van der Waals surface area (Å²) < 4.78 is 26.8. The molecular weight excluding hydrogens is 306 g/mol. The molecule has 3 nitrogen and oxygen atoms in total. The first-order valence-electron chi connectivity index (χ1n) is 7.28. The van der Waals surface area contributed by atoms with Crippen LogP contribution in [0.15, 0.2) is 23.6 Å². The van der Waals surface area contributed by atoms with Crippen LogP contribution in [0.3, 0.4) is 0 Å². The molecule has 1 aromatic heterocycles. The smallest absolute Gasteiger partial charge is 0.273 e. The highest BCUT2D eigenvalue weighted by molar-refractivity contribution is 7.13. The van der Waals surface area contributed by atoms with E-state index in [4.69, 9.17) is 0 Å². The highest BCUT2D eigenvalue weighted by Gasteiger charge is 2.26. The SMILES string of the molecule is CC1CCCCN1C(=O)c1csc(-c2ccc(F)cc2F)n1. The first-order chi connectivity index (χ1) is 10.6. The number of likely N-dealkylation sites (tertiary alicyclic amines) is 1.